The zero-order chi connectivity index (χ0) is 15.1. The maximum atomic E-state index is 12.2. The van der Waals surface area contributed by atoms with Crippen LogP contribution in [0.25, 0.3) is 0 Å². The van der Waals surface area contributed by atoms with Gasteiger partial charge in [0.1, 0.15) is 10.3 Å². The lowest BCUT2D eigenvalue weighted by atomic mass is 10.1. The molecule has 2 atom stereocenters. The second kappa shape index (κ2) is 8.53. The highest BCUT2D eigenvalue weighted by atomic mass is 79.9. The van der Waals surface area contributed by atoms with E-state index in [2.05, 4.69) is 53.5 Å². The van der Waals surface area contributed by atoms with Crippen LogP contribution in [0.5, 0.6) is 0 Å². The van der Waals surface area contributed by atoms with Crippen LogP contribution in [0.15, 0.2) is 22.8 Å². The molecule has 0 amide bonds. The van der Waals surface area contributed by atoms with Crippen LogP contribution in [0.4, 0.5) is 0 Å². The minimum Gasteiger partial charge on any atom is -0.298 e. The van der Waals surface area contributed by atoms with E-state index in [1.165, 1.54) is 0 Å². The summed E-state index contributed by atoms with van der Waals surface area (Å²) < 4.78 is 0.712. The SMILES string of the molecule is CCC(C)N(CCC(=O)c1cccc(Br)n1)C(C)CC. The number of halogens is 1. The monoisotopic (exact) mass is 340 g/mol. The average Bonchev–Trinajstić information content (AvgIpc) is 2.46. The molecule has 3 nitrogen and oxygen atoms in total. The topological polar surface area (TPSA) is 33.2 Å². The Morgan fingerprint density at radius 3 is 2.35 bits per heavy atom. The van der Waals surface area contributed by atoms with Crippen molar-refractivity contribution >= 4 is 21.7 Å². The Bertz CT molecular complexity index is 426. The molecule has 0 aliphatic heterocycles. The number of hydrogen-bond donors (Lipinski definition) is 0. The number of pyridine rings is 1. The predicted octanol–water partition coefficient (Wildman–Crippen LogP) is 4.32. The van der Waals surface area contributed by atoms with Gasteiger partial charge in [-0.15, -0.1) is 0 Å². The van der Waals surface area contributed by atoms with Gasteiger partial charge in [-0.25, -0.2) is 4.98 Å². The molecule has 1 aromatic heterocycles. The van der Waals surface area contributed by atoms with Gasteiger partial charge in [0.2, 0.25) is 0 Å². The summed E-state index contributed by atoms with van der Waals surface area (Å²) in [6.45, 7) is 9.65. The number of Topliss-reactive ketones (excluding diaryl/α,β-unsaturated/α-hetero) is 1. The van der Waals surface area contributed by atoms with E-state index < -0.39 is 0 Å². The summed E-state index contributed by atoms with van der Waals surface area (Å²) in [5, 5.41) is 0. The maximum absolute atomic E-state index is 12.2. The Morgan fingerprint density at radius 1 is 1.25 bits per heavy atom. The van der Waals surface area contributed by atoms with Crippen LogP contribution in [0.3, 0.4) is 0 Å². The van der Waals surface area contributed by atoms with Gasteiger partial charge in [0.05, 0.1) is 0 Å². The van der Waals surface area contributed by atoms with Crippen LogP contribution in [0.2, 0.25) is 0 Å². The number of aromatic nitrogens is 1. The lowest BCUT2D eigenvalue weighted by molar-refractivity contribution is 0.0916. The summed E-state index contributed by atoms with van der Waals surface area (Å²) >= 11 is 3.31. The fourth-order valence-electron chi connectivity index (χ4n) is 2.27. The molecule has 0 fully saturated rings. The smallest absolute Gasteiger partial charge is 0.182 e. The molecule has 4 heteroatoms. The first-order valence-corrected chi connectivity index (χ1v) is 8.20. The van der Waals surface area contributed by atoms with Gasteiger partial charge >= 0.3 is 0 Å². The lowest BCUT2D eigenvalue weighted by Gasteiger charge is -2.33. The molecule has 0 saturated carbocycles. The summed E-state index contributed by atoms with van der Waals surface area (Å²) in [6, 6.07) is 6.48. The van der Waals surface area contributed by atoms with E-state index in [1.54, 1.807) is 6.07 Å². The minimum atomic E-state index is 0.114. The second-order valence-electron chi connectivity index (χ2n) is 5.27. The number of ketones is 1. The molecular formula is C16H25BrN2O. The first-order chi connectivity index (χ1) is 9.49. The summed E-state index contributed by atoms with van der Waals surface area (Å²) in [5.74, 6) is 0.114. The molecule has 0 N–H and O–H groups in total. The lowest BCUT2D eigenvalue weighted by Crippen LogP contribution is -2.41. The molecule has 2 unspecified atom stereocenters. The van der Waals surface area contributed by atoms with Crippen molar-refractivity contribution in [3.05, 3.63) is 28.5 Å². The van der Waals surface area contributed by atoms with Crippen molar-refractivity contribution in [3.8, 4) is 0 Å². The van der Waals surface area contributed by atoms with Crippen LogP contribution >= 0.6 is 15.9 Å². The summed E-state index contributed by atoms with van der Waals surface area (Å²) in [4.78, 5) is 18.9. The summed E-state index contributed by atoms with van der Waals surface area (Å²) in [6.07, 6.45) is 2.74. The number of rotatable bonds is 8. The van der Waals surface area contributed by atoms with E-state index in [1.807, 2.05) is 12.1 Å². The fourth-order valence-corrected chi connectivity index (χ4v) is 2.61. The fraction of sp³-hybridized carbons (Fsp3) is 0.625. The molecule has 1 heterocycles. The molecule has 0 radical (unpaired) electrons. The highest BCUT2D eigenvalue weighted by Gasteiger charge is 2.19. The molecule has 112 valence electrons. The molecule has 0 aliphatic rings. The molecule has 0 spiro atoms. The standard InChI is InChI=1S/C16H25BrN2O/c1-5-12(3)19(13(4)6-2)11-10-15(20)14-8-7-9-16(17)18-14/h7-9,12-13H,5-6,10-11H2,1-4H3. The van der Waals surface area contributed by atoms with E-state index in [-0.39, 0.29) is 5.78 Å². The van der Waals surface area contributed by atoms with Gasteiger partial charge in [-0.2, -0.15) is 0 Å². The van der Waals surface area contributed by atoms with Crippen molar-refractivity contribution in [3.63, 3.8) is 0 Å². The molecule has 1 rings (SSSR count). The molecule has 0 aromatic carbocycles. The van der Waals surface area contributed by atoms with Gasteiger partial charge in [-0.1, -0.05) is 19.9 Å². The number of hydrogen-bond acceptors (Lipinski definition) is 3. The van der Waals surface area contributed by atoms with Crippen LogP contribution < -0.4 is 0 Å². The summed E-state index contributed by atoms with van der Waals surface area (Å²) in [5.41, 5.74) is 0.549. The minimum absolute atomic E-state index is 0.114. The van der Waals surface area contributed by atoms with Crippen molar-refractivity contribution < 1.29 is 4.79 Å². The predicted molar refractivity (Wildman–Crippen MR) is 87.1 cm³/mol. The average molecular weight is 341 g/mol. The third-order valence-corrected chi connectivity index (χ3v) is 4.35. The van der Waals surface area contributed by atoms with Crippen LogP contribution in [0, 0.1) is 0 Å². The van der Waals surface area contributed by atoms with E-state index in [9.17, 15) is 4.79 Å². The Labute approximate surface area is 130 Å². The largest absolute Gasteiger partial charge is 0.298 e. The quantitative estimate of drug-likeness (QED) is 0.522. The van der Waals surface area contributed by atoms with Crippen molar-refractivity contribution in [1.29, 1.82) is 0 Å². The van der Waals surface area contributed by atoms with Gasteiger partial charge in [-0.3, -0.25) is 9.69 Å². The van der Waals surface area contributed by atoms with Gasteiger partial charge < -0.3 is 0 Å². The second-order valence-corrected chi connectivity index (χ2v) is 6.08. The Balaban J connectivity index is 2.65. The van der Waals surface area contributed by atoms with Crippen LogP contribution in [0.1, 0.15) is 57.4 Å². The van der Waals surface area contributed by atoms with Crippen LogP contribution in [-0.2, 0) is 0 Å². The van der Waals surface area contributed by atoms with Gasteiger partial charge in [0.15, 0.2) is 5.78 Å². The normalized spacial score (nSPS) is 14.3. The van der Waals surface area contributed by atoms with Gasteiger partial charge in [0, 0.05) is 25.0 Å². The van der Waals surface area contributed by atoms with E-state index >= 15 is 0 Å². The number of carbonyl (C=O) groups is 1. The highest BCUT2D eigenvalue weighted by Crippen LogP contribution is 2.14. The molecular weight excluding hydrogens is 316 g/mol. The van der Waals surface area contributed by atoms with Gasteiger partial charge in [-0.05, 0) is 54.8 Å². The van der Waals surface area contributed by atoms with E-state index in [4.69, 9.17) is 0 Å². The zero-order valence-corrected chi connectivity index (χ0v) is 14.5. The number of carbonyl (C=O) groups excluding carboxylic acids is 1. The first-order valence-electron chi connectivity index (χ1n) is 7.41. The van der Waals surface area contributed by atoms with Gasteiger partial charge in [0.25, 0.3) is 0 Å². The third-order valence-electron chi connectivity index (χ3n) is 3.91. The van der Waals surface area contributed by atoms with Crippen molar-refractivity contribution in [2.45, 2.75) is 59.0 Å². The molecule has 20 heavy (non-hydrogen) atoms. The van der Waals surface area contributed by atoms with Crippen molar-refractivity contribution in [2.75, 3.05) is 6.54 Å². The third kappa shape index (κ3) is 4.98. The van der Waals surface area contributed by atoms with Crippen LogP contribution in [-0.4, -0.2) is 34.3 Å². The van der Waals surface area contributed by atoms with E-state index in [0.717, 1.165) is 19.4 Å². The van der Waals surface area contributed by atoms with Crippen molar-refractivity contribution in [1.82, 2.24) is 9.88 Å². The Hall–Kier alpha value is -0.740. The van der Waals surface area contributed by atoms with E-state index in [0.29, 0.717) is 28.8 Å². The zero-order valence-electron chi connectivity index (χ0n) is 12.9. The molecule has 0 saturated heterocycles. The highest BCUT2D eigenvalue weighted by molar-refractivity contribution is 9.10. The number of nitrogens with zero attached hydrogens (tertiary/aromatic N) is 2. The molecule has 0 bridgehead atoms. The summed E-state index contributed by atoms with van der Waals surface area (Å²) in [7, 11) is 0. The molecule has 1 aromatic rings. The first kappa shape index (κ1) is 17.3. The Morgan fingerprint density at radius 2 is 1.85 bits per heavy atom. The maximum Gasteiger partial charge on any atom is 0.182 e. The Kier molecular flexibility index (Phi) is 7.38. The molecule has 0 aliphatic carbocycles. The van der Waals surface area contributed by atoms with Crippen molar-refractivity contribution in [2.24, 2.45) is 0 Å².